The van der Waals surface area contributed by atoms with Crippen molar-refractivity contribution in [3.8, 4) is 5.75 Å². The number of ether oxygens (including phenoxy) is 1. The number of carbonyl (C=O) groups excluding carboxylic acids is 1. The van der Waals surface area contributed by atoms with Crippen LogP contribution in [0.4, 0.5) is 13.2 Å². The number of rotatable bonds is 3. The molecule has 0 atom stereocenters. The van der Waals surface area contributed by atoms with Gasteiger partial charge in [-0.1, -0.05) is 12.1 Å². The first-order valence-electron chi connectivity index (χ1n) is 5.65. The van der Waals surface area contributed by atoms with E-state index in [2.05, 4.69) is 4.84 Å². The Morgan fingerprint density at radius 2 is 1.85 bits per heavy atom. The zero-order chi connectivity index (χ0) is 15.0. The average Bonchev–Trinajstić information content (AvgIpc) is 2.35. The molecule has 0 spiro atoms. The molecule has 0 saturated carbocycles. The van der Waals surface area contributed by atoms with Gasteiger partial charge in [-0.05, 0) is 17.7 Å². The highest BCUT2D eigenvalue weighted by atomic mass is 19.4. The van der Waals surface area contributed by atoms with Crippen molar-refractivity contribution in [3.05, 3.63) is 29.8 Å². The predicted octanol–water partition coefficient (Wildman–Crippen LogP) is 1.22. The fourth-order valence-electron chi connectivity index (χ4n) is 1.85. The Labute approximate surface area is 112 Å². The summed E-state index contributed by atoms with van der Waals surface area (Å²) in [6.07, 6.45) is -5.05. The maximum atomic E-state index is 12.0. The highest BCUT2D eigenvalue weighted by molar-refractivity contribution is 5.75. The van der Waals surface area contributed by atoms with Crippen LogP contribution in [0.15, 0.2) is 24.3 Å². The average molecular weight is 291 g/mol. The predicted molar refractivity (Wildman–Crippen MR) is 60.6 cm³/mol. The van der Waals surface area contributed by atoms with Crippen LogP contribution in [0.25, 0.3) is 0 Å². The number of hydrogen-bond donors (Lipinski definition) is 1. The van der Waals surface area contributed by atoms with Gasteiger partial charge in [0, 0.05) is 0 Å². The lowest BCUT2D eigenvalue weighted by atomic mass is 9.88. The molecule has 1 aromatic carbocycles. The second-order valence-corrected chi connectivity index (χ2v) is 4.43. The number of aliphatic hydroxyl groups is 1. The molecule has 0 aromatic heterocycles. The van der Waals surface area contributed by atoms with E-state index in [1.807, 2.05) is 0 Å². The Hall–Kier alpha value is -1.80. The molecule has 1 saturated heterocycles. The summed E-state index contributed by atoms with van der Waals surface area (Å²) in [7, 11) is 1.49. The number of hydrogen-bond acceptors (Lipinski definition) is 5. The molecule has 5 nitrogen and oxygen atoms in total. The van der Waals surface area contributed by atoms with Gasteiger partial charge in [-0.15, -0.1) is 5.06 Å². The van der Waals surface area contributed by atoms with Crippen LogP contribution >= 0.6 is 0 Å². The van der Waals surface area contributed by atoms with Crippen LogP contribution in [0.1, 0.15) is 5.56 Å². The number of halogens is 3. The number of methoxy groups -OCH3 is 1. The third-order valence-corrected chi connectivity index (χ3v) is 2.95. The number of β-amino-alcohol motifs (C(OH)–C–C–N with tert-alkyl or cyclic N) is 1. The van der Waals surface area contributed by atoms with Crippen LogP contribution in [0, 0.1) is 0 Å². The monoisotopic (exact) mass is 291 g/mol. The van der Waals surface area contributed by atoms with Gasteiger partial charge in [0.15, 0.2) is 0 Å². The minimum atomic E-state index is -5.05. The standard InChI is InChI=1S/C12H12F3NO4/c1-19-9-4-2-8(3-5-9)11(18)6-16(7-11)20-10(17)12(13,14)15/h2-5,18H,6-7H2,1H3. The smallest absolute Gasteiger partial charge is 0.492 e. The second-order valence-electron chi connectivity index (χ2n) is 4.43. The zero-order valence-electron chi connectivity index (χ0n) is 10.5. The molecular weight excluding hydrogens is 279 g/mol. The molecular formula is C12H12F3NO4. The van der Waals surface area contributed by atoms with E-state index >= 15 is 0 Å². The first-order valence-corrected chi connectivity index (χ1v) is 5.65. The van der Waals surface area contributed by atoms with Crippen LogP contribution in [0.5, 0.6) is 5.75 Å². The minimum Gasteiger partial charge on any atom is -0.497 e. The molecule has 1 fully saturated rings. The van der Waals surface area contributed by atoms with Crippen molar-refractivity contribution in [1.82, 2.24) is 5.06 Å². The van der Waals surface area contributed by atoms with E-state index in [-0.39, 0.29) is 13.1 Å². The molecule has 0 radical (unpaired) electrons. The molecule has 0 amide bonds. The van der Waals surface area contributed by atoms with Crippen LogP contribution < -0.4 is 4.74 Å². The van der Waals surface area contributed by atoms with Gasteiger partial charge in [-0.25, -0.2) is 4.79 Å². The van der Waals surface area contributed by atoms with Gasteiger partial charge in [0.1, 0.15) is 11.4 Å². The van der Waals surface area contributed by atoms with E-state index in [4.69, 9.17) is 4.74 Å². The van der Waals surface area contributed by atoms with Crippen molar-refractivity contribution in [1.29, 1.82) is 0 Å². The van der Waals surface area contributed by atoms with Crippen LogP contribution in [0.3, 0.4) is 0 Å². The maximum absolute atomic E-state index is 12.0. The fourth-order valence-corrected chi connectivity index (χ4v) is 1.85. The normalized spacial score (nSPS) is 18.2. The summed E-state index contributed by atoms with van der Waals surface area (Å²) in [5.74, 6) is -1.70. The first kappa shape index (κ1) is 14.6. The molecule has 1 aliphatic heterocycles. The van der Waals surface area contributed by atoms with E-state index in [0.29, 0.717) is 11.3 Å². The third-order valence-electron chi connectivity index (χ3n) is 2.95. The Morgan fingerprint density at radius 3 is 2.30 bits per heavy atom. The molecule has 110 valence electrons. The van der Waals surface area contributed by atoms with Gasteiger partial charge in [0.2, 0.25) is 0 Å². The van der Waals surface area contributed by atoms with E-state index in [1.165, 1.54) is 7.11 Å². The third kappa shape index (κ3) is 2.86. The van der Waals surface area contributed by atoms with Gasteiger partial charge in [-0.2, -0.15) is 13.2 Å². The summed E-state index contributed by atoms with van der Waals surface area (Å²) >= 11 is 0. The van der Waals surface area contributed by atoms with Crippen molar-refractivity contribution in [2.45, 2.75) is 11.8 Å². The van der Waals surface area contributed by atoms with E-state index in [1.54, 1.807) is 24.3 Å². The molecule has 0 aliphatic carbocycles. The summed E-state index contributed by atoms with van der Waals surface area (Å²) in [4.78, 5) is 14.7. The van der Waals surface area contributed by atoms with Crippen LogP contribution in [0.2, 0.25) is 0 Å². The van der Waals surface area contributed by atoms with Crippen molar-refractivity contribution >= 4 is 5.97 Å². The number of hydroxylamine groups is 2. The maximum Gasteiger partial charge on any atom is 0.492 e. The fraction of sp³-hybridized carbons (Fsp3) is 0.417. The van der Waals surface area contributed by atoms with Crippen molar-refractivity contribution in [2.75, 3.05) is 20.2 Å². The van der Waals surface area contributed by atoms with E-state index in [0.717, 1.165) is 5.06 Å². The lowest BCUT2D eigenvalue weighted by Crippen LogP contribution is -2.60. The number of benzene rings is 1. The molecule has 0 unspecified atom stereocenters. The van der Waals surface area contributed by atoms with Gasteiger partial charge < -0.3 is 14.7 Å². The summed E-state index contributed by atoms with van der Waals surface area (Å²) < 4.78 is 40.9. The van der Waals surface area contributed by atoms with E-state index in [9.17, 15) is 23.1 Å². The Bertz CT molecular complexity index is 494. The van der Waals surface area contributed by atoms with Gasteiger partial charge in [-0.3, -0.25) is 0 Å². The SMILES string of the molecule is COc1ccc(C2(O)CN(OC(=O)C(F)(F)F)C2)cc1. The van der Waals surface area contributed by atoms with Crippen molar-refractivity contribution in [3.63, 3.8) is 0 Å². The minimum absolute atomic E-state index is 0.221. The first-order chi connectivity index (χ1) is 9.24. The molecule has 1 N–H and O–H groups in total. The quantitative estimate of drug-likeness (QED) is 0.907. The molecule has 1 aromatic rings. The Kier molecular flexibility index (Phi) is 3.61. The van der Waals surface area contributed by atoms with Crippen LogP contribution in [-0.2, 0) is 15.2 Å². The molecule has 20 heavy (non-hydrogen) atoms. The largest absolute Gasteiger partial charge is 0.497 e. The van der Waals surface area contributed by atoms with Gasteiger partial charge in [0.05, 0.1) is 20.2 Å². The second kappa shape index (κ2) is 4.95. The lowest BCUT2D eigenvalue weighted by Gasteiger charge is -2.44. The molecule has 2 rings (SSSR count). The highest BCUT2D eigenvalue weighted by Gasteiger charge is 2.49. The van der Waals surface area contributed by atoms with Crippen molar-refractivity contribution in [2.24, 2.45) is 0 Å². The van der Waals surface area contributed by atoms with Crippen molar-refractivity contribution < 1.29 is 32.6 Å². The molecule has 1 aliphatic rings. The Balaban J connectivity index is 1.95. The molecule has 8 heteroatoms. The summed E-state index contributed by atoms with van der Waals surface area (Å²) in [6.45, 7) is -0.442. The Morgan fingerprint density at radius 1 is 1.30 bits per heavy atom. The lowest BCUT2D eigenvalue weighted by molar-refractivity contribution is -0.287. The number of alkyl halides is 3. The summed E-state index contributed by atoms with van der Waals surface area (Å²) in [5, 5.41) is 10.9. The highest BCUT2D eigenvalue weighted by Crippen LogP contribution is 2.33. The summed E-state index contributed by atoms with van der Waals surface area (Å²) in [6, 6.07) is 6.44. The van der Waals surface area contributed by atoms with Gasteiger partial charge in [0.25, 0.3) is 0 Å². The summed E-state index contributed by atoms with van der Waals surface area (Å²) in [5.41, 5.74) is -0.823. The van der Waals surface area contributed by atoms with Crippen LogP contribution in [-0.4, -0.2) is 42.5 Å². The zero-order valence-corrected chi connectivity index (χ0v) is 10.5. The topological polar surface area (TPSA) is 59.0 Å². The molecule has 1 heterocycles. The van der Waals surface area contributed by atoms with E-state index < -0.39 is 17.7 Å². The molecule has 0 bridgehead atoms. The van der Waals surface area contributed by atoms with Gasteiger partial charge >= 0.3 is 12.1 Å². The number of carbonyl (C=O) groups is 1. The number of nitrogens with zero attached hydrogens (tertiary/aromatic N) is 1.